The van der Waals surface area contributed by atoms with E-state index in [1.807, 2.05) is 19.1 Å². The van der Waals surface area contributed by atoms with Gasteiger partial charge in [0.1, 0.15) is 5.69 Å². The molecule has 1 heterocycles. The predicted octanol–water partition coefficient (Wildman–Crippen LogP) is 4.73. The number of allylic oxidation sites excluding steroid dienone is 3. The zero-order valence-electron chi connectivity index (χ0n) is 12.3. The zero-order chi connectivity index (χ0) is 14.7. The number of hydrogen-bond acceptors (Lipinski definition) is 2. The summed E-state index contributed by atoms with van der Waals surface area (Å²) in [4.78, 5) is 16.8. The molecule has 0 amide bonds. The molecule has 2 nitrogen and oxygen atoms in total. The van der Waals surface area contributed by atoms with Gasteiger partial charge >= 0.3 is 0 Å². The fourth-order valence-electron chi connectivity index (χ4n) is 2.75. The molecule has 1 aliphatic carbocycles. The van der Waals surface area contributed by atoms with E-state index in [9.17, 15) is 4.79 Å². The van der Waals surface area contributed by atoms with Crippen molar-refractivity contribution in [2.75, 3.05) is 0 Å². The van der Waals surface area contributed by atoms with Crippen LogP contribution in [0.1, 0.15) is 47.8 Å². The van der Waals surface area contributed by atoms with E-state index in [1.54, 1.807) is 0 Å². The van der Waals surface area contributed by atoms with Crippen LogP contribution in [0, 0.1) is 0 Å². The van der Waals surface area contributed by atoms with E-state index in [4.69, 9.17) is 0 Å². The Bertz CT molecular complexity index is 741. The highest BCUT2D eigenvalue weighted by Gasteiger charge is 2.12. The molecule has 0 fully saturated rings. The van der Waals surface area contributed by atoms with E-state index < -0.39 is 0 Å². The smallest absolute Gasteiger partial charge is 0.181 e. The van der Waals surface area contributed by atoms with Gasteiger partial charge in [0.2, 0.25) is 0 Å². The Kier molecular flexibility index (Phi) is 3.96. The molecular weight excluding hydrogens is 258 g/mol. The summed E-state index contributed by atoms with van der Waals surface area (Å²) < 4.78 is 0. The Balaban J connectivity index is 2.14. The predicted molar refractivity (Wildman–Crippen MR) is 87.5 cm³/mol. The number of hydrogen-bond donors (Lipinski definition) is 0. The normalized spacial score (nSPS) is 16.8. The number of pyridine rings is 1. The molecular formula is C19H19NO. The number of nitrogens with zero attached hydrogens (tertiary/aromatic N) is 1. The van der Waals surface area contributed by atoms with E-state index in [0.29, 0.717) is 12.1 Å². The maximum atomic E-state index is 12.1. The molecule has 1 aromatic heterocycles. The monoisotopic (exact) mass is 277 g/mol. The van der Waals surface area contributed by atoms with Crippen LogP contribution in [-0.2, 0) is 6.42 Å². The van der Waals surface area contributed by atoms with Crippen LogP contribution in [0.2, 0.25) is 0 Å². The van der Waals surface area contributed by atoms with Gasteiger partial charge in [0, 0.05) is 11.8 Å². The summed E-state index contributed by atoms with van der Waals surface area (Å²) in [6.07, 6.45) is 11.8. The van der Waals surface area contributed by atoms with E-state index in [0.717, 1.165) is 30.2 Å². The second-order valence-corrected chi connectivity index (χ2v) is 5.40. The molecule has 106 valence electrons. The van der Waals surface area contributed by atoms with Gasteiger partial charge in [-0.25, -0.2) is 4.98 Å². The topological polar surface area (TPSA) is 30.0 Å². The van der Waals surface area contributed by atoms with Crippen molar-refractivity contribution in [3.05, 3.63) is 59.3 Å². The number of aryl methyl sites for hydroxylation is 1. The van der Waals surface area contributed by atoms with E-state index in [1.165, 1.54) is 11.1 Å². The van der Waals surface area contributed by atoms with Crippen molar-refractivity contribution in [1.82, 2.24) is 4.98 Å². The lowest BCUT2D eigenvalue weighted by atomic mass is 9.96. The van der Waals surface area contributed by atoms with Crippen LogP contribution in [0.15, 0.2) is 42.5 Å². The lowest BCUT2D eigenvalue weighted by Crippen LogP contribution is -2.03. The average Bonchev–Trinajstić information content (AvgIpc) is 2.47. The molecule has 1 aliphatic rings. The quantitative estimate of drug-likeness (QED) is 0.759. The van der Waals surface area contributed by atoms with Crippen molar-refractivity contribution >= 4 is 22.8 Å². The minimum Gasteiger partial charge on any atom is -0.292 e. The summed E-state index contributed by atoms with van der Waals surface area (Å²) in [5, 5.41) is 1.11. The molecule has 21 heavy (non-hydrogen) atoms. The number of rotatable bonds is 3. The fraction of sp³-hybridized carbons (Fsp3) is 0.263. The third kappa shape index (κ3) is 2.80. The molecule has 1 aromatic carbocycles. The van der Waals surface area contributed by atoms with Crippen molar-refractivity contribution in [2.24, 2.45) is 0 Å². The first-order valence-corrected chi connectivity index (χ1v) is 7.58. The SMILES string of the molecule is CCCC(=O)c1ccc2ccc3c(c2n1)CC/C=C\C=C/3. The number of ketones is 1. The highest BCUT2D eigenvalue weighted by atomic mass is 16.1. The summed E-state index contributed by atoms with van der Waals surface area (Å²) in [6.45, 7) is 2.02. The second kappa shape index (κ2) is 6.04. The Hall–Kier alpha value is -2.22. The standard InChI is InChI=1S/C19H19NO/c1-2-7-18(21)17-13-12-15-11-10-14-8-5-3-4-6-9-16(14)19(15)20-17/h3-5,8,10-13H,2,6-7,9H2,1H3/b4-3-,8-5-. The van der Waals surface area contributed by atoms with E-state index in [2.05, 4.69) is 41.4 Å². The van der Waals surface area contributed by atoms with Gasteiger partial charge in [0.25, 0.3) is 0 Å². The molecule has 0 spiro atoms. The number of Topliss-reactive ketones (excluding diaryl/α,β-unsaturated/α-hetero) is 1. The van der Waals surface area contributed by atoms with Gasteiger partial charge in [-0.3, -0.25) is 4.79 Å². The third-order valence-electron chi connectivity index (χ3n) is 3.85. The van der Waals surface area contributed by atoms with Gasteiger partial charge in [0.15, 0.2) is 5.78 Å². The number of carbonyl (C=O) groups is 1. The number of aromatic nitrogens is 1. The molecule has 0 bridgehead atoms. The van der Waals surface area contributed by atoms with Crippen molar-refractivity contribution in [2.45, 2.75) is 32.6 Å². The summed E-state index contributed by atoms with van der Waals surface area (Å²) in [6, 6.07) is 8.10. The minimum atomic E-state index is 0.137. The van der Waals surface area contributed by atoms with Gasteiger partial charge in [-0.1, -0.05) is 49.4 Å². The first-order chi connectivity index (χ1) is 10.3. The molecule has 0 saturated heterocycles. The Morgan fingerprint density at radius 1 is 1.19 bits per heavy atom. The first-order valence-electron chi connectivity index (χ1n) is 7.58. The lowest BCUT2D eigenvalue weighted by Gasteiger charge is -2.11. The highest BCUT2D eigenvalue weighted by molar-refractivity contribution is 5.97. The third-order valence-corrected chi connectivity index (χ3v) is 3.85. The van der Waals surface area contributed by atoms with Crippen LogP contribution in [-0.4, -0.2) is 10.8 Å². The second-order valence-electron chi connectivity index (χ2n) is 5.40. The number of benzene rings is 1. The first kappa shape index (κ1) is 13.7. The Labute approximate surface area is 125 Å². The highest BCUT2D eigenvalue weighted by Crippen LogP contribution is 2.25. The molecule has 0 N–H and O–H groups in total. The molecule has 3 rings (SSSR count). The Morgan fingerprint density at radius 2 is 2.05 bits per heavy atom. The lowest BCUT2D eigenvalue weighted by molar-refractivity contribution is 0.0977. The van der Waals surface area contributed by atoms with E-state index >= 15 is 0 Å². The zero-order valence-corrected chi connectivity index (χ0v) is 12.3. The van der Waals surface area contributed by atoms with Crippen LogP contribution in [0.25, 0.3) is 17.0 Å². The molecule has 0 atom stereocenters. The van der Waals surface area contributed by atoms with E-state index in [-0.39, 0.29) is 5.78 Å². The van der Waals surface area contributed by atoms with Crippen LogP contribution >= 0.6 is 0 Å². The Morgan fingerprint density at radius 3 is 2.90 bits per heavy atom. The van der Waals surface area contributed by atoms with Gasteiger partial charge < -0.3 is 0 Å². The fourth-order valence-corrected chi connectivity index (χ4v) is 2.75. The van der Waals surface area contributed by atoms with Gasteiger partial charge in [-0.05, 0) is 36.5 Å². The average molecular weight is 277 g/mol. The maximum Gasteiger partial charge on any atom is 0.181 e. The largest absolute Gasteiger partial charge is 0.292 e. The van der Waals surface area contributed by atoms with Crippen molar-refractivity contribution in [3.8, 4) is 0 Å². The summed E-state index contributed by atoms with van der Waals surface area (Å²) in [7, 11) is 0. The van der Waals surface area contributed by atoms with Crippen molar-refractivity contribution in [3.63, 3.8) is 0 Å². The minimum absolute atomic E-state index is 0.137. The van der Waals surface area contributed by atoms with Crippen molar-refractivity contribution < 1.29 is 4.79 Å². The summed E-state index contributed by atoms with van der Waals surface area (Å²) in [5.41, 5.74) is 4.03. The molecule has 0 unspecified atom stereocenters. The van der Waals surface area contributed by atoms with Crippen LogP contribution in [0.5, 0.6) is 0 Å². The van der Waals surface area contributed by atoms with Crippen LogP contribution in [0.3, 0.4) is 0 Å². The van der Waals surface area contributed by atoms with Gasteiger partial charge in [0.05, 0.1) is 5.52 Å². The van der Waals surface area contributed by atoms with Gasteiger partial charge in [-0.15, -0.1) is 0 Å². The van der Waals surface area contributed by atoms with Crippen LogP contribution in [0.4, 0.5) is 0 Å². The number of fused-ring (bicyclic) bond motifs is 3. The molecule has 0 radical (unpaired) electrons. The van der Waals surface area contributed by atoms with Crippen LogP contribution < -0.4 is 0 Å². The summed E-state index contributed by atoms with van der Waals surface area (Å²) >= 11 is 0. The molecule has 2 heteroatoms. The summed E-state index contributed by atoms with van der Waals surface area (Å²) in [5.74, 6) is 0.137. The molecule has 0 aliphatic heterocycles. The number of carbonyl (C=O) groups excluding carboxylic acids is 1. The molecule has 0 saturated carbocycles. The van der Waals surface area contributed by atoms with Crippen molar-refractivity contribution in [1.29, 1.82) is 0 Å². The maximum absolute atomic E-state index is 12.1. The van der Waals surface area contributed by atoms with Gasteiger partial charge in [-0.2, -0.15) is 0 Å². The molecule has 2 aromatic rings.